The summed E-state index contributed by atoms with van der Waals surface area (Å²) in [6.07, 6.45) is 1.62. The Bertz CT molecular complexity index is 643. The van der Waals surface area contributed by atoms with Crippen LogP contribution in [-0.2, 0) is 13.0 Å². The summed E-state index contributed by atoms with van der Waals surface area (Å²) in [5, 5.41) is 3.39. The molecule has 2 aromatic carbocycles. The van der Waals surface area contributed by atoms with Crippen LogP contribution in [0.3, 0.4) is 0 Å². The Morgan fingerprint density at radius 3 is 2.48 bits per heavy atom. The molecule has 0 atom stereocenters. The van der Waals surface area contributed by atoms with Crippen LogP contribution in [0, 0.1) is 12.7 Å². The first-order valence-corrected chi connectivity index (χ1v) is 7.82. The molecule has 1 N–H and O–H groups in total. The largest absolute Gasteiger partial charge is 0.496 e. The van der Waals surface area contributed by atoms with Crippen LogP contribution in [0.15, 0.2) is 36.4 Å². The molecule has 0 aliphatic rings. The zero-order valence-electron chi connectivity index (χ0n) is 14.0. The fourth-order valence-electron chi connectivity index (χ4n) is 2.70. The molecule has 0 spiro atoms. The highest BCUT2D eigenvalue weighted by atomic mass is 19.1. The Hall–Kier alpha value is -2.07. The summed E-state index contributed by atoms with van der Waals surface area (Å²) in [5.41, 5.74) is 2.87. The topological polar surface area (TPSA) is 30.5 Å². The van der Waals surface area contributed by atoms with Gasteiger partial charge in [0, 0.05) is 17.7 Å². The molecule has 0 unspecified atom stereocenters. The Morgan fingerprint density at radius 1 is 1.00 bits per heavy atom. The average Bonchev–Trinajstić information content (AvgIpc) is 2.56. The van der Waals surface area contributed by atoms with Crippen LogP contribution in [-0.4, -0.2) is 20.8 Å². The van der Waals surface area contributed by atoms with Crippen LogP contribution in [0.2, 0.25) is 0 Å². The van der Waals surface area contributed by atoms with Crippen LogP contribution in [0.5, 0.6) is 11.5 Å². The van der Waals surface area contributed by atoms with Crippen LogP contribution >= 0.6 is 0 Å². The number of aryl methyl sites for hydroxylation is 1. The van der Waals surface area contributed by atoms with Gasteiger partial charge in [0.1, 0.15) is 17.3 Å². The van der Waals surface area contributed by atoms with E-state index in [1.807, 2.05) is 31.2 Å². The molecule has 0 heterocycles. The van der Waals surface area contributed by atoms with E-state index in [0.29, 0.717) is 6.54 Å². The first-order chi connectivity index (χ1) is 11.2. The van der Waals surface area contributed by atoms with Gasteiger partial charge in [0.2, 0.25) is 0 Å². The van der Waals surface area contributed by atoms with E-state index < -0.39 is 0 Å². The van der Waals surface area contributed by atoms with Crippen molar-refractivity contribution in [2.45, 2.75) is 26.3 Å². The van der Waals surface area contributed by atoms with Crippen molar-refractivity contribution in [1.29, 1.82) is 0 Å². The number of nitrogens with one attached hydrogen (secondary N) is 1. The Labute approximate surface area is 137 Å². The number of rotatable bonds is 8. The molecule has 0 saturated carbocycles. The van der Waals surface area contributed by atoms with Gasteiger partial charge in [-0.2, -0.15) is 0 Å². The molecular formula is C19H24FNO2. The average molecular weight is 317 g/mol. The summed E-state index contributed by atoms with van der Waals surface area (Å²) in [7, 11) is 3.33. The molecule has 0 radical (unpaired) electrons. The predicted molar refractivity (Wildman–Crippen MR) is 90.7 cm³/mol. The minimum atomic E-state index is -0.125. The van der Waals surface area contributed by atoms with Crippen molar-refractivity contribution < 1.29 is 13.9 Å². The number of ether oxygens (including phenoxy) is 2. The van der Waals surface area contributed by atoms with Crippen molar-refractivity contribution in [1.82, 2.24) is 5.32 Å². The number of methoxy groups -OCH3 is 2. The van der Waals surface area contributed by atoms with E-state index in [1.54, 1.807) is 20.3 Å². The lowest BCUT2D eigenvalue weighted by molar-refractivity contribution is 0.384. The summed E-state index contributed by atoms with van der Waals surface area (Å²) < 4.78 is 24.3. The zero-order chi connectivity index (χ0) is 16.7. The highest BCUT2D eigenvalue weighted by molar-refractivity contribution is 5.49. The monoisotopic (exact) mass is 317 g/mol. The normalized spacial score (nSPS) is 10.6. The van der Waals surface area contributed by atoms with Gasteiger partial charge in [0.25, 0.3) is 0 Å². The van der Waals surface area contributed by atoms with Gasteiger partial charge in [0.15, 0.2) is 0 Å². The highest BCUT2D eigenvalue weighted by Crippen LogP contribution is 2.31. The minimum Gasteiger partial charge on any atom is -0.496 e. The Kier molecular flexibility index (Phi) is 6.41. The van der Waals surface area contributed by atoms with Crippen molar-refractivity contribution in [3.63, 3.8) is 0 Å². The molecule has 3 nitrogen and oxygen atoms in total. The maximum absolute atomic E-state index is 13.5. The first kappa shape index (κ1) is 17.3. The second-order valence-corrected chi connectivity index (χ2v) is 5.46. The third-order valence-electron chi connectivity index (χ3n) is 3.93. The standard InChI is InChI=1S/C19H24FNO2/c1-14-18(22-2)11-10-16(19(14)23-3)13-21-12-6-8-15-7-4-5-9-17(15)20/h4-5,7,9-11,21H,6,8,12-13H2,1-3H3. The smallest absolute Gasteiger partial charge is 0.129 e. The lowest BCUT2D eigenvalue weighted by Crippen LogP contribution is -2.16. The third-order valence-corrected chi connectivity index (χ3v) is 3.93. The van der Waals surface area contributed by atoms with E-state index in [2.05, 4.69) is 5.32 Å². The number of hydrogen-bond acceptors (Lipinski definition) is 3. The van der Waals surface area contributed by atoms with Gasteiger partial charge in [-0.05, 0) is 44.0 Å². The summed E-state index contributed by atoms with van der Waals surface area (Å²) in [4.78, 5) is 0. The van der Waals surface area contributed by atoms with Gasteiger partial charge in [0.05, 0.1) is 14.2 Å². The fourth-order valence-corrected chi connectivity index (χ4v) is 2.70. The van der Waals surface area contributed by atoms with E-state index in [9.17, 15) is 4.39 Å². The molecule has 0 aliphatic heterocycles. The van der Waals surface area contributed by atoms with Gasteiger partial charge < -0.3 is 14.8 Å². The molecule has 2 aromatic rings. The van der Waals surface area contributed by atoms with Crippen molar-refractivity contribution in [2.24, 2.45) is 0 Å². The number of halogens is 1. The van der Waals surface area contributed by atoms with E-state index >= 15 is 0 Å². The van der Waals surface area contributed by atoms with Crippen LogP contribution in [0.1, 0.15) is 23.1 Å². The highest BCUT2D eigenvalue weighted by Gasteiger charge is 2.10. The van der Waals surface area contributed by atoms with Crippen molar-refractivity contribution in [3.8, 4) is 11.5 Å². The van der Waals surface area contributed by atoms with E-state index in [-0.39, 0.29) is 5.82 Å². The van der Waals surface area contributed by atoms with Gasteiger partial charge in [-0.25, -0.2) is 4.39 Å². The third kappa shape index (κ3) is 4.45. The quantitative estimate of drug-likeness (QED) is 0.750. The van der Waals surface area contributed by atoms with E-state index in [0.717, 1.165) is 47.6 Å². The molecule has 0 fully saturated rings. The van der Waals surface area contributed by atoms with Gasteiger partial charge in [-0.1, -0.05) is 24.3 Å². The van der Waals surface area contributed by atoms with Crippen molar-refractivity contribution in [3.05, 3.63) is 58.9 Å². The van der Waals surface area contributed by atoms with E-state index in [1.165, 1.54) is 6.07 Å². The lowest BCUT2D eigenvalue weighted by Gasteiger charge is -2.15. The molecule has 124 valence electrons. The van der Waals surface area contributed by atoms with Crippen molar-refractivity contribution in [2.75, 3.05) is 20.8 Å². The second-order valence-electron chi connectivity index (χ2n) is 5.46. The second kappa shape index (κ2) is 8.53. The summed E-state index contributed by atoms with van der Waals surface area (Å²) >= 11 is 0. The van der Waals surface area contributed by atoms with Crippen LogP contribution < -0.4 is 14.8 Å². The summed E-state index contributed by atoms with van der Waals surface area (Å²) in [5.74, 6) is 1.55. The maximum Gasteiger partial charge on any atom is 0.129 e. The molecule has 0 bridgehead atoms. The molecule has 23 heavy (non-hydrogen) atoms. The lowest BCUT2D eigenvalue weighted by atomic mass is 10.1. The van der Waals surface area contributed by atoms with Crippen LogP contribution in [0.4, 0.5) is 4.39 Å². The number of hydrogen-bond donors (Lipinski definition) is 1. The summed E-state index contributed by atoms with van der Waals surface area (Å²) in [6.45, 7) is 3.52. The fraction of sp³-hybridized carbons (Fsp3) is 0.368. The zero-order valence-corrected chi connectivity index (χ0v) is 14.0. The van der Waals surface area contributed by atoms with E-state index in [4.69, 9.17) is 9.47 Å². The molecule has 2 rings (SSSR count). The van der Waals surface area contributed by atoms with Gasteiger partial charge in [-0.3, -0.25) is 0 Å². The maximum atomic E-state index is 13.5. The SMILES string of the molecule is COc1ccc(CNCCCc2ccccc2F)c(OC)c1C. The molecule has 0 aliphatic carbocycles. The molecule has 4 heteroatoms. The molecule has 0 saturated heterocycles. The minimum absolute atomic E-state index is 0.125. The summed E-state index contributed by atoms with van der Waals surface area (Å²) in [6, 6.07) is 10.9. The van der Waals surface area contributed by atoms with Crippen molar-refractivity contribution >= 4 is 0 Å². The molecule has 0 amide bonds. The molecular weight excluding hydrogens is 293 g/mol. The van der Waals surface area contributed by atoms with Gasteiger partial charge in [-0.15, -0.1) is 0 Å². The van der Waals surface area contributed by atoms with Gasteiger partial charge >= 0.3 is 0 Å². The molecule has 0 aromatic heterocycles. The first-order valence-electron chi connectivity index (χ1n) is 7.82. The predicted octanol–water partition coefficient (Wildman–Crippen LogP) is 3.87. The van der Waals surface area contributed by atoms with Crippen LogP contribution in [0.25, 0.3) is 0 Å². The Balaban J connectivity index is 1.85. The number of benzene rings is 2. The Morgan fingerprint density at radius 2 is 1.78 bits per heavy atom.